The third kappa shape index (κ3) is 7.09. The number of benzene rings is 3. The smallest absolute Gasteiger partial charge is 0.338 e. The first-order chi connectivity index (χ1) is 16.9. The van der Waals surface area contributed by atoms with Crippen molar-refractivity contribution in [3.63, 3.8) is 0 Å². The zero-order valence-electron chi connectivity index (χ0n) is 18.9. The van der Waals surface area contributed by atoms with Gasteiger partial charge in [0.05, 0.1) is 40.2 Å². The van der Waals surface area contributed by atoms with Gasteiger partial charge in [-0.05, 0) is 48.9 Å². The van der Waals surface area contributed by atoms with Crippen LogP contribution in [0, 0.1) is 28.4 Å². The molecule has 0 saturated carbocycles. The second-order valence-corrected chi connectivity index (χ2v) is 7.87. The standard InChI is InChI=1S/C25H22ClN5O4/c1-18-16-20(8-10-23(18)28-29-24-11-9-21(31(33)34)17-22(24)26)30(13-5-12-27)14-15-35-25(32)19-6-3-2-4-7-19/h2-4,6-11,16-17H,5,13-15H2,1H3. The van der Waals surface area contributed by atoms with Crippen LogP contribution in [0.4, 0.5) is 22.7 Å². The van der Waals surface area contributed by atoms with Crippen molar-refractivity contribution in [2.24, 2.45) is 10.2 Å². The highest BCUT2D eigenvalue weighted by atomic mass is 35.5. The maximum Gasteiger partial charge on any atom is 0.338 e. The van der Waals surface area contributed by atoms with E-state index in [9.17, 15) is 14.9 Å². The quantitative estimate of drug-likeness (QED) is 0.137. The van der Waals surface area contributed by atoms with Gasteiger partial charge in [-0.15, -0.1) is 5.11 Å². The molecule has 0 unspecified atom stereocenters. The molecule has 3 aromatic carbocycles. The highest BCUT2D eigenvalue weighted by Gasteiger charge is 2.12. The molecule has 0 N–H and O–H groups in total. The Bertz CT molecular complexity index is 1270. The van der Waals surface area contributed by atoms with Crippen LogP contribution in [0.1, 0.15) is 22.3 Å². The van der Waals surface area contributed by atoms with E-state index in [0.717, 1.165) is 11.3 Å². The Morgan fingerprint density at radius 2 is 1.80 bits per heavy atom. The van der Waals surface area contributed by atoms with Crippen LogP contribution in [0.15, 0.2) is 77.0 Å². The third-order valence-electron chi connectivity index (χ3n) is 5.05. The van der Waals surface area contributed by atoms with Gasteiger partial charge in [-0.1, -0.05) is 29.8 Å². The largest absolute Gasteiger partial charge is 0.460 e. The minimum atomic E-state index is -0.531. The van der Waals surface area contributed by atoms with E-state index in [0.29, 0.717) is 36.4 Å². The van der Waals surface area contributed by atoms with Gasteiger partial charge >= 0.3 is 5.97 Å². The van der Waals surface area contributed by atoms with Crippen molar-refractivity contribution < 1.29 is 14.5 Å². The van der Waals surface area contributed by atoms with Gasteiger partial charge < -0.3 is 9.64 Å². The number of carbonyl (C=O) groups excluding carboxylic acids is 1. The molecule has 0 spiro atoms. The number of nitro benzene ring substituents is 1. The molecule has 0 saturated heterocycles. The number of anilines is 1. The number of esters is 1. The molecule has 10 heteroatoms. The summed E-state index contributed by atoms with van der Waals surface area (Å²) in [5.74, 6) is -0.400. The molecule has 0 aliphatic carbocycles. The van der Waals surface area contributed by atoms with Crippen molar-refractivity contribution in [1.29, 1.82) is 5.26 Å². The van der Waals surface area contributed by atoms with Crippen LogP contribution in [-0.4, -0.2) is 30.6 Å². The molecule has 3 rings (SSSR count). The van der Waals surface area contributed by atoms with Gasteiger partial charge in [0.1, 0.15) is 12.3 Å². The first-order valence-electron chi connectivity index (χ1n) is 10.7. The molecular formula is C25H22ClN5O4. The molecule has 0 aromatic heterocycles. The van der Waals surface area contributed by atoms with E-state index >= 15 is 0 Å². The van der Waals surface area contributed by atoms with Crippen LogP contribution < -0.4 is 4.90 Å². The summed E-state index contributed by atoms with van der Waals surface area (Å²) >= 11 is 6.08. The lowest BCUT2D eigenvalue weighted by atomic mass is 10.1. The van der Waals surface area contributed by atoms with Crippen LogP contribution in [-0.2, 0) is 4.74 Å². The van der Waals surface area contributed by atoms with E-state index in [1.54, 1.807) is 30.3 Å². The van der Waals surface area contributed by atoms with Crippen LogP contribution in [0.3, 0.4) is 0 Å². The van der Waals surface area contributed by atoms with E-state index < -0.39 is 10.9 Å². The number of nitrogens with zero attached hydrogens (tertiary/aromatic N) is 5. The second-order valence-electron chi connectivity index (χ2n) is 7.46. The topological polar surface area (TPSA) is 121 Å². The van der Waals surface area contributed by atoms with Crippen molar-refractivity contribution in [2.75, 3.05) is 24.6 Å². The van der Waals surface area contributed by atoms with Gasteiger partial charge in [0, 0.05) is 24.4 Å². The maximum absolute atomic E-state index is 12.2. The number of hydrogen-bond donors (Lipinski definition) is 0. The summed E-state index contributed by atoms with van der Waals surface area (Å²) in [6, 6.07) is 20.4. The lowest BCUT2D eigenvalue weighted by Crippen LogP contribution is -2.29. The molecule has 0 aliphatic rings. The van der Waals surface area contributed by atoms with Gasteiger partial charge in [-0.3, -0.25) is 10.1 Å². The summed E-state index contributed by atoms with van der Waals surface area (Å²) in [6.07, 6.45) is 0.311. The SMILES string of the molecule is Cc1cc(N(CCC#N)CCOC(=O)c2ccccc2)ccc1N=Nc1ccc([N+](=O)[O-])cc1Cl. The zero-order valence-corrected chi connectivity index (χ0v) is 19.7. The Balaban J connectivity index is 1.69. The van der Waals surface area contributed by atoms with E-state index in [-0.39, 0.29) is 17.3 Å². The monoisotopic (exact) mass is 491 g/mol. The lowest BCUT2D eigenvalue weighted by molar-refractivity contribution is -0.384. The number of ether oxygens (including phenoxy) is 1. The fraction of sp³-hybridized carbons (Fsp3) is 0.200. The van der Waals surface area contributed by atoms with Crippen LogP contribution in [0.5, 0.6) is 0 Å². The molecule has 0 heterocycles. The number of non-ortho nitro benzene ring substituents is 1. The van der Waals surface area contributed by atoms with Crippen LogP contribution in [0.2, 0.25) is 5.02 Å². The average molecular weight is 492 g/mol. The Morgan fingerprint density at radius 3 is 2.46 bits per heavy atom. The molecule has 9 nitrogen and oxygen atoms in total. The van der Waals surface area contributed by atoms with E-state index in [1.807, 2.05) is 30.0 Å². The van der Waals surface area contributed by atoms with Crippen molar-refractivity contribution in [2.45, 2.75) is 13.3 Å². The predicted molar refractivity (Wildman–Crippen MR) is 133 cm³/mol. The Labute approximate surface area is 207 Å². The number of rotatable bonds is 10. The van der Waals surface area contributed by atoms with Crippen molar-refractivity contribution in [1.82, 2.24) is 0 Å². The van der Waals surface area contributed by atoms with Crippen molar-refractivity contribution in [3.05, 3.63) is 93.0 Å². The van der Waals surface area contributed by atoms with Crippen LogP contribution in [0.25, 0.3) is 0 Å². The average Bonchev–Trinajstić information content (AvgIpc) is 2.86. The van der Waals surface area contributed by atoms with E-state index in [1.165, 1.54) is 18.2 Å². The van der Waals surface area contributed by atoms with Crippen LogP contribution >= 0.6 is 11.6 Å². The predicted octanol–water partition coefficient (Wildman–Crippen LogP) is 6.55. The molecule has 0 bridgehead atoms. The number of hydrogen-bond acceptors (Lipinski definition) is 8. The summed E-state index contributed by atoms with van der Waals surface area (Å²) < 4.78 is 5.38. The normalized spacial score (nSPS) is 10.7. The highest BCUT2D eigenvalue weighted by molar-refractivity contribution is 6.33. The zero-order chi connectivity index (χ0) is 25.2. The van der Waals surface area contributed by atoms with Gasteiger partial charge in [-0.2, -0.15) is 10.4 Å². The summed E-state index contributed by atoms with van der Waals surface area (Å²) in [5, 5.41) is 28.4. The molecule has 0 radical (unpaired) electrons. The number of azo groups is 1. The molecule has 0 atom stereocenters. The second kappa shape index (κ2) is 12.3. The molecular weight excluding hydrogens is 470 g/mol. The number of nitro groups is 1. The number of halogens is 1. The summed E-state index contributed by atoms with van der Waals surface area (Å²) in [6.45, 7) is 2.92. The molecule has 0 amide bonds. The fourth-order valence-corrected chi connectivity index (χ4v) is 3.42. The first kappa shape index (κ1) is 25.3. The minimum absolute atomic E-state index is 0.124. The lowest BCUT2D eigenvalue weighted by Gasteiger charge is -2.24. The summed E-state index contributed by atoms with van der Waals surface area (Å²) in [7, 11) is 0. The number of aryl methyl sites for hydroxylation is 1. The minimum Gasteiger partial charge on any atom is -0.460 e. The molecule has 0 fully saturated rings. The molecule has 35 heavy (non-hydrogen) atoms. The molecule has 3 aromatic rings. The summed E-state index contributed by atoms with van der Waals surface area (Å²) in [4.78, 5) is 24.5. The molecule has 0 aliphatic heterocycles. The van der Waals surface area contributed by atoms with E-state index in [2.05, 4.69) is 16.3 Å². The van der Waals surface area contributed by atoms with Gasteiger partial charge in [0.2, 0.25) is 0 Å². The van der Waals surface area contributed by atoms with Gasteiger partial charge in [-0.25, -0.2) is 4.79 Å². The number of carbonyl (C=O) groups is 1. The maximum atomic E-state index is 12.2. The van der Waals surface area contributed by atoms with Gasteiger partial charge in [0.15, 0.2) is 0 Å². The highest BCUT2D eigenvalue weighted by Crippen LogP contribution is 2.32. The van der Waals surface area contributed by atoms with E-state index in [4.69, 9.17) is 21.6 Å². The Hall–Kier alpha value is -4.29. The van der Waals surface area contributed by atoms with Gasteiger partial charge in [0.25, 0.3) is 5.69 Å². The number of nitriles is 1. The fourth-order valence-electron chi connectivity index (χ4n) is 3.21. The third-order valence-corrected chi connectivity index (χ3v) is 5.35. The Morgan fingerprint density at radius 1 is 1.09 bits per heavy atom. The van der Waals surface area contributed by atoms with Crippen molar-refractivity contribution >= 4 is 40.3 Å². The Kier molecular flexibility index (Phi) is 8.87. The molecule has 178 valence electrons. The van der Waals surface area contributed by atoms with Crippen molar-refractivity contribution in [3.8, 4) is 6.07 Å². The summed E-state index contributed by atoms with van der Waals surface area (Å²) in [5.41, 5.74) is 2.94. The first-order valence-corrected chi connectivity index (χ1v) is 11.1.